The van der Waals surface area contributed by atoms with E-state index in [0.29, 0.717) is 27.2 Å². The van der Waals surface area contributed by atoms with Gasteiger partial charge in [0.05, 0.1) is 26.0 Å². The fraction of sp³-hybridized carbons (Fsp3) is 0.176. The molecule has 1 aromatic carbocycles. The Morgan fingerprint density at radius 1 is 1.38 bits per heavy atom. The Hall–Kier alpha value is -1.89. The third-order valence-corrected chi connectivity index (χ3v) is 5.52. The van der Waals surface area contributed by atoms with E-state index < -0.39 is 0 Å². The molecule has 0 saturated heterocycles. The minimum Gasteiger partial charge on any atom is -0.494 e. The van der Waals surface area contributed by atoms with Gasteiger partial charge in [0.2, 0.25) is 0 Å². The van der Waals surface area contributed by atoms with Gasteiger partial charge < -0.3 is 9.30 Å². The Bertz CT molecular complexity index is 969. The predicted molar refractivity (Wildman–Crippen MR) is 100 cm³/mol. The molecule has 0 aliphatic heterocycles. The molecular formula is C17H15ClN2O2S2. The molecule has 124 valence electrons. The molecule has 0 fully saturated rings. The van der Waals surface area contributed by atoms with Gasteiger partial charge >= 0.3 is 0 Å². The highest BCUT2D eigenvalue weighted by atomic mass is 35.5. The molecule has 3 rings (SSSR count). The van der Waals surface area contributed by atoms with Crippen LogP contribution in [0.25, 0.3) is 10.2 Å². The fourth-order valence-electron chi connectivity index (χ4n) is 2.27. The van der Waals surface area contributed by atoms with Crippen molar-refractivity contribution in [3.8, 4) is 5.75 Å². The second kappa shape index (κ2) is 7.34. The lowest BCUT2D eigenvalue weighted by atomic mass is 10.3. The zero-order chi connectivity index (χ0) is 17.1. The molecule has 3 aromatic rings. The van der Waals surface area contributed by atoms with E-state index in [1.54, 1.807) is 18.2 Å². The third-order valence-electron chi connectivity index (χ3n) is 3.26. The van der Waals surface area contributed by atoms with E-state index >= 15 is 0 Å². The summed E-state index contributed by atoms with van der Waals surface area (Å²) >= 11 is 8.58. The van der Waals surface area contributed by atoms with Gasteiger partial charge in [-0.2, -0.15) is 4.99 Å². The van der Waals surface area contributed by atoms with Crippen molar-refractivity contribution in [1.82, 2.24) is 4.57 Å². The summed E-state index contributed by atoms with van der Waals surface area (Å²) in [5, 5.41) is 0. The van der Waals surface area contributed by atoms with Gasteiger partial charge in [-0.1, -0.05) is 29.0 Å². The monoisotopic (exact) mass is 378 g/mol. The first-order valence-corrected chi connectivity index (χ1v) is 9.35. The van der Waals surface area contributed by atoms with Crippen LogP contribution in [-0.2, 0) is 6.54 Å². The van der Waals surface area contributed by atoms with E-state index in [1.165, 1.54) is 22.7 Å². The average Bonchev–Trinajstić information content (AvgIpc) is 3.12. The lowest BCUT2D eigenvalue weighted by Gasteiger charge is -2.04. The normalized spacial score (nSPS) is 11.8. The Labute approximate surface area is 152 Å². The molecule has 0 atom stereocenters. The number of carbonyl (C=O) groups excluding carboxylic acids is 1. The Morgan fingerprint density at radius 3 is 2.88 bits per heavy atom. The Kier molecular flexibility index (Phi) is 5.18. The molecule has 0 saturated carbocycles. The number of nitrogens with zero attached hydrogens (tertiary/aromatic N) is 2. The largest absolute Gasteiger partial charge is 0.494 e. The van der Waals surface area contributed by atoms with Crippen LogP contribution in [0.5, 0.6) is 5.75 Å². The van der Waals surface area contributed by atoms with Crippen molar-refractivity contribution >= 4 is 50.4 Å². The number of thiophene rings is 1. The molecule has 0 aliphatic carbocycles. The van der Waals surface area contributed by atoms with Gasteiger partial charge in [0.1, 0.15) is 5.75 Å². The van der Waals surface area contributed by atoms with Crippen LogP contribution in [0, 0.1) is 0 Å². The number of hydrogen-bond donors (Lipinski definition) is 0. The summed E-state index contributed by atoms with van der Waals surface area (Å²) in [6, 6.07) is 9.26. The lowest BCUT2D eigenvalue weighted by Crippen LogP contribution is -2.15. The number of ether oxygens (including phenoxy) is 1. The van der Waals surface area contributed by atoms with E-state index in [-0.39, 0.29) is 5.91 Å². The van der Waals surface area contributed by atoms with E-state index in [2.05, 4.69) is 11.6 Å². The molecule has 2 aromatic heterocycles. The number of aromatic nitrogens is 1. The van der Waals surface area contributed by atoms with Crippen molar-refractivity contribution in [2.45, 2.75) is 13.5 Å². The maximum absolute atomic E-state index is 12.4. The van der Waals surface area contributed by atoms with Crippen LogP contribution in [0.15, 0.2) is 48.0 Å². The van der Waals surface area contributed by atoms with Crippen LogP contribution in [-0.4, -0.2) is 17.1 Å². The Morgan fingerprint density at radius 2 is 2.21 bits per heavy atom. The highest BCUT2D eigenvalue weighted by Crippen LogP contribution is 2.24. The van der Waals surface area contributed by atoms with E-state index in [0.717, 1.165) is 16.0 Å². The zero-order valence-electron chi connectivity index (χ0n) is 13.0. The summed E-state index contributed by atoms with van der Waals surface area (Å²) in [4.78, 5) is 17.8. The molecule has 4 nitrogen and oxygen atoms in total. The number of benzene rings is 1. The van der Waals surface area contributed by atoms with Gasteiger partial charge in [-0.25, -0.2) is 0 Å². The molecule has 24 heavy (non-hydrogen) atoms. The number of carbonyl (C=O) groups is 1. The summed E-state index contributed by atoms with van der Waals surface area (Å²) in [6.45, 7) is 6.92. The van der Waals surface area contributed by atoms with Crippen molar-refractivity contribution in [3.05, 3.63) is 57.0 Å². The molecule has 0 radical (unpaired) electrons. The molecule has 0 bridgehead atoms. The Balaban J connectivity index is 2.11. The first kappa shape index (κ1) is 17.0. The van der Waals surface area contributed by atoms with E-state index in [1.807, 2.05) is 29.7 Å². The lowest BCUT2D eigenvalue weighted by molar-refractivity contribution is 0.100. The first-order valence-electron chi connectivity index (χ1n) is 7.34. The molecule has 7 heteroatoms. The number of halogens is 1. The van der Waals surface area contributed by atoms with Gasteiger partial charge in [0.25, 0.3) is 5.91 Å². The number of thiazole rings is 1. The maximum Gasteiger partial charge on any atom is 0.289 e. The summed E-state index contributed by atoms with van der Waals surface area (Å²) < 4.78 is 9.10. The molecule has 2 heterocycles. The predicted octanol–water partition coefficient (Wildman–Crippen LogP) is 4.74. The van der Waals surface area contributed by atoms with Crippen LogP contribution < -0.4 is 9.54 Å². The molecular weight excluding hydrogens is 364 g/mol. The van der Waals surface area contributed by atoms with Crippen LogP contribution in [0.1, 0.15) is 16.6 Å². The van der Waals surface area contributed by atoms with Gasteiger partial charge in [-0.05, 0) is 37.3 Å². The van der Waals surface area contributed by atoms with Crippen LogP contribution in [0.2, 0.25) is 4.34 Å². The van der Waals surface area contributed by atoms with Crippen molar-refractivity contribution in [2.75, 3.05) is 6.61 Å². The minimum atomic E-state index is -0.290. The number of allylic oxidation sites excluding steroid dienone is 1. The van der Waals surface area contributed by atoms with Crippen LogP contribution in [0.3, 0.4) is 0 Å². The number of rotatable bonds is 5. The van der Waals surface area contributed by atoms with Gasteiger partial charge in [-0.15, -0.1) is 17.9 Å². The minimum absolute atomic E-state index is 0.290. The second-order valence-electron chi connectivity index (χ2n) is 4.87. The summed E-state index contributed by atoms with van der Waals surface area (Å²) in [6.07, 6.45) is 1.79. The summed E-state index contributed by atoms with van der Waals surface area (Å²) in [5.41, 5.74) is 0.999. The van der Waals surface area contributed by atoms with Crippen molar-refractivity contribution in [3.63, 3.8) is 0 Å². The fourth-order valence-corrected chi connectivity index (χ4v) is 4.27. The average molecular weight is 379 g/mol. The summed E-state index contributed by atoms with van der Waals surface area (Å²) in [5.74, 6) is 0.515. The smallest absolute Gasteiger partial charge is 0.289 e. The maximum atomic E-state index is 12.4. The quantitative estimate of drug-likeness (QED) is 0.601. The summed E-state index contributed by atoms with van der Waals surface area (Å²) in [7, 11) is 0. The number of amides is 1. The number of fused-ring (bicyclic) bond motifs is 1. The van der Waals surface area contributed by atoms with E-state index in [9.17, 15) is 4.79 Å². The molecule has 0 spiro atoms. The number of hydrogen-bond acceptors (Lipinski definition) is 4. The molecule has 1 amide bonds. The standard InChI is InChI=1S/C17H15ClN2O2S2/c1-3-9-20-12-6-5-11(22-4-2)10-14(12)24-17(20)19-16(21)13-7-8-15(18)23-13/h3,5-8,10H,1,4,9H2,2H3. The van der Waals surface area contributed by atoms with Gasteiger partial charge in [0.15, 0.2) is 4.80 Å². The topological polar surface area (TPSA) is 43.6 Å². The molecule has 0 aliphatic rings. The van der Waals surface area contributed by atoms with Gasteiger partial charge in [-0.3, -0.25) is 4.79 Å². The first-order chi connectivity index (χ1) is 11.6. The molecule has 0 N–H and O–H groups in total. The third kappa shape index (κ3) is 3.45. The van der Waals surface area contributed by atoms with Crippen LogP contribution in [0.4, 0.5) is 0 Å². The van der Waals surface area contributed by atoms with Crippen molar-refractivity contribution in [2.24, 2.45) is 4.99 Å². The SMILES string of the molecule is C=CCn1c(=NC(=O)c2ccc(Cl)s2)sc2cc(OCC)ccc21. The zero-order valence-corrected chi connectivity index (χ0v) is 15.4. The van der Waals surface area contributed by atoms with Crippen molar-refractivity contribution in [1.29, 1.82) is 0 Å². The van der Waals surface area contributed by atoms with Crippen LogP contribution >= 0.6 is 34.3 Å². The molecule has 0 unspecified atom stereocenters. The highest BCUT2D eigenvalue weighted by Gasteiger charge is 2.11. The van der Waals surface area contributed by atoms with E-state index in [4.69, 9.17) is 16.3 Å². The van der Waals surface area contributed by atoms with Gasteiger partial charge in [0, 0.05) is 6.54 Å². The van der Waals surface area contributed by atoms with Crippen molar-refractivity contribution < 1.29 is 9.53 Å². The second-order valence-corrected chi connectivity index (χ2v) is 7.59. The highest BCUT2D eigenvalue weighted by molar-refractivity contribution is 7.18.